The van der Waals surface area contributed by atoms with Crippen LogP contribution in [0.5, 0.6) is 5.75 Å². The normalized spacial score (nSPS) is 15.2. The first kappa shape index (κ1) is 20.6. The van der Waals surface area contributed by atoms with Gasteiger partial charge in [-0.2, -0.15) is 4.68 Å². The van der Waals surface area contributed by atoms with E-state index in [1.165, 1.54) is 0 Å². The lowest BCUT2D eigenvalue weighted by Gasteiger charge is -2.27. The number of ether oxygens (including phenoxy) is 2. The van der Waals surface area contributed by atoms with Crippen molar-refractivity contribution in [2.24, 2.45) is 0 Å². The molecule has 3 aromatic rings. The number of carbonyl (C=O) groups excluding carboxylic acids is 1. The van der Waals surface area contributed by atoms with E-state index >= 15 is 0 Å². The van der Waals surface area contributed by atoms with Gasteiger partial charge in [-0.05, 0) is 47.0 Å². The molecular formula is C23H25N5O3. The zero-order chi connectivity index (χ0) is 21.6. The van der Waals surface area contributed by atoms with E-state index in [-0.39, 0.29) is 6.61 Å². The van der Waals surface area contributed by atoms with Crippen molar-refractivity contribution in [3.63, 3.8) is 0 Å². The van der Waals surface area contributed by atoms with Gasteiger partial charge in [0, 0.05) is 5.70 Å². The molecule has 1 unspecified atom stereocenters. The summed E-state index contributed by atoms with van der Waals surface area (Å²) in [6.07, 6.45) is 2.08. The number of tetrazole rings is 1. The van der Waals surface area contributed by atoms with Gasteiger partial charge in [0.05, 0.1) is 12.2 Å². The molecule has 160 valence electrons. The van der Waals surface area contributed by atoms with Crippen molar-refractivity contribution >= 4 is 11.9 Å². The van der Waals surface area contributed by atoms with Gasteiger partial charge >= 0.3 is 5.97 Å². The van der Waals surface area contributed by atoms with Gasteiger partial charge in [-0.15, -0.1) is 0 Å². The molecule has 4 rings (SSSR count). The number of rotatable bonds is 8. The van der Waals surface area contributed by atoms with Crippen molar-refractivity contribution in [3.8, 4) is 5.75 Å². The molecule has 8 nitrogen and oxygen atoms in total. The molecule has 1 N–H and O–H groups in total. The Labute approximate surface area is 180 Å². The van der Waals surface area contributed by atoms with Crippen LogP contribution in [0.3, 0.4) is 0 Å². The minimum Gasteiger partial charge on any atom is -0.494 e. The van der Waals surface area contributed by atoms with Crippen molar-refractivity contribution in [2.45, 2.75) is 39.3 Å². The first-order chi connectivity index (χ1) is 15.2. The number of aromatic nitrogens is 4. The summed E-state index contributed by atoms with van der Waals surface area (Å²) in [5.41, 5.74) is 2.92. The molecule has 1 aliphatic rings. The van der Waals surface area contributed by atoms with E-state index in [4.69, 9.17) is 9.47 Å². The standard InChI is InChI=1S/C23H25N5O3/c1-3-4-14-30-19-12-10-18(11-13-19)21-20(16(2)24-23-25-26-27-28(21)23)22(29)31-15-17-8-6-5-7-9-17/h5-13,21H,3-4,14-15H2,1-2H3,(H,24,25,27). The fourth-order valence-electron chi connectivity index (χ4n) is 3.47. The van der Waals surface area contributed by atoms with Gasteiger partial charge in [0.1, 0.15) is 18.4 Å². The zero-order valence-corrected chi connectivity index (χ0v) is 17.6. The molecule has 0 fully saturated rings. The molecule has 31 heavy (non-hydrogen) atoms. The summed E-state index contributed by atoms with van der Waals surface area (Å²) in [5, 5.41) is 15.0. The molecule has 0 aliphatic carbocycles. The van der Waals surface area contributed by atoms with Crippen molar-refractivity contribution in [2.75, 3.05) is 11.9 Å². The van der Waals surface area contributed by atoms with E-state index in [2.05, 4.69) is 27.8 Å². The summed E-state index contributed by atoms with van der Waals surface area (Å²) in [6, 6.07) is 16.8. The van der Waals surface area contributed by atoms with E-state index < -0.39 is 12.0 Å². The van der Waals surface area contributed by atoms with E-state index in [1.54, 1.807) is 4.68 Å². The molecule has 1 aromatic heterocycles. The van der Waals surface area contributed by atoms with Crippen molar-refractivity contribution in [1.82, 2.24) is 20.2 Å². The van der Waals surface area contributed by atoms with Crippen molar-refractivity contribution < 1.29 is 14.3 Å². The SMILES string of the molecule is CCCCOc1ccc(C2C(C(=O)OCc3ccccc3)=C(C)Nc3nnnn32)cc1. The highest BCUT2D eigenvalue weighted by Gasteiger charge is 2.35. The van der Waals surface area contributed by atoms with E-state index in [1.807, 2.05) is 61.5 Å². The second kappa shape index (κ2) is 9.42. The van der Waals surface area contributed by atoms with Gasteiger partial charge in [0.2, 0.25) is 5.95 Å². The smallest absolute Gasteiger partial charge is 0.338 e. The molecule has 0 bridgehead atoms. The number of unbranched alkanes of at least 4 members (excludes halogenated alkanes) is 1. The summed E-state index contributed by atoms with van der Waals surface area (Å²) in [7, 11) is 0. The largest absolute Gasteiger partial charge is 0.494 e. The third kappa shape index (κ3) is 4.58. The molecule has 1 aliphatic heterocycles. The number of fused-ring (bicyclic) bond motifs is 1. The maximum atomic E-state index is 13.1. The zero-order valence-electron chi connectivity index (χ0n) is 17.6. The summed E-state index contributed by atoms with van der Waals surface area (Å²) in [6.45, 7) is 4.82. The van der Waals surface area contributed by atoms with Gasteiger partial charge in [-0.25, -0.2) is 4.79 Å². The third-order valence-corrected chi connectivity index (χ3v) is 5.11. The molecule has 2 heterocycles. The maximum Gasteiger partial charge on any atom is 0.338 e. The fourth-order valence-corrected chi connectivity index (χ4v) is 3.47. The molecule has 1 atom stereocenters. The molecule has 0 amide bonds. The fraction of sp³-hybridized carbons (Fsp3) is 0.304. The number of hydrogen-bond acceptors (Lipinski definition) is 7. The van der Waals surface area contributed by atoms with Crippen LogP contribution in [0, 0.1) is 0 Å². The molecule has 0 spiro atoms. The Balaban J connectivity index is 1.59. The van der Waals surface area contributed by atoms with Crippen molar-refractivity contribution in [3.05, 3.63) is 77.0 Å². The summed E-state index contributed by atoms with van der Waals surface area (Å²) in [5.74, 6) is 0.852. The second-order valence-corrected chi connectivity index (χ2v) is 7.35. The Kier molecular flexibility index (Phi) is 6.26. The van der Waals surface area contributed by atoms with Gasteiger partial charge < -0.3 is 14.8 Å². The van der Waals surface area contributed by atoms with Crippen LogP contribution < -0.4 is 10.1 Å². The Morgan fingerprint density at radius 3 is 2.65 bits per heavy atom. The lowest BCUT2D eigenvalue weighted by Crippen LogP contribution is -2.29. The number of anilines is 1. The predicted octanol–water partition coefficient (Wildman–Crippen LogP) is 3.88. The molecule has 0 radical (unpaired) electrons. The van der Waals surface area contributed by atoms with Gasteiger partial charge in [0.25, 0.3) is 0 Å². The topological polar surface area (TPSA) is 91.2 Å². The minimum absolute atomic E-state index is 0.190. The van der Waals surface area contributed by atoms with E-state index in [9.17, 15) is 4.79 Å². The number of benzene rings is 2. The quantitative estimate of drug-likeness (QED) is 0.437. The molecular weight excluding hydrogens is 394 g/mol. The van der Waals surface area contributed by atoms with Gasteiger partial charge in [-0.1, -0.05) is 60.9 Å². The molecule has 8 heteroatoms. The predicted molar refractivity (Wildman–Crippen MR) is 115 cm³/mol. The number of esters is 1. The van der Waals surface area contributed by atoms with Gasteiger partial charge in [-0.3, -0.25) is 0 Å². The summed E-state index contributed by atoms with van der Waals surface area (Å²) >= 11 is 0. The highest BCUT2D eigenvalue weighted by molar-refractivity contribution is 5.92. The number of carbonyl (C=O) groups is 1. The van der Waals surface area contributed by atoms with Crippen LogP contribution in [0.4, 0.5) is 5.95 Å². The van der Waals surface area contributed by atoms with Crippen LogP contribution >= 0.6 is 0 Å². The Hall–Kier alpha value is -3.68. The lowest BCUT2D eigenvalue weighted by molar-refractivity contribution is -0.140. The van der Waals surface area contributed by atoms with Crippen LogP contribution in [-0.4, -0.2) is 32.8 Å². The van der Waals surface area contributed by atoms with Crippen LogP contribution in [0.15, 0.2) is 65.9 Å². The van der Waals surface area contributed by atoms with Crippen molar-refractivity contribution in [1.29, 1.82) is 0 Å². The number of nitrogens with zero attached hydrogens (tertiary/aromatic N) is 4. The number of hydrogen-bond donors (Lipinski definition) is 1. The average molecular weight is 419 g/mol. The molecule has 2 aromatic carbocycles. The van der Waals surface area contributed by atoms with Crippen LogP contribution in [0.2, 0.25) is 0 Å². The maximum absolute atomic E-state index is 13.1. The average Bonchev–Trinajstić information content (AvgIpc) is 3.26. The first-order valence-electron chi connectivity index (χ1n) is 10.4. The van der Waals surface area contributed by atoms with E-state index in [0.29, 0.717) is 23.8 Å². The number of nitrogens with one attached hydrogen (secondary N) is 1. The molecule has 0 saturated carbocycles. The summed E-state index contributed by atoms with van der Waals surface area (Å²) < 4.78 is 13.0. The second-order valence-electron chi connectivity index (χ2n) is 7.35. The van der Waals surface area contributed by atoms with Crippen LogP contribution in [0.1, 0.15) is 43.9 Å². The lowest BCUT2D eigenvalue weighted by atomic mass is 9.95. The molecule has 0 saturated heterocycles. The summed E-state index contributed by atoms with van der Waals surface area (Å²) in [4.78, 5) is 13.1. The first-order valence-corrected chi connectivity index (χ1v) is 10.4. The highest BCUT2D eigenvalue weighted by Crippen LogP contribution is 2.35. The van der Waals surface area contributed by atoms with E-state index in [0.717, 1.165) is 29.7 Å². The Morgan fingerprint density at radius 2 is 1.90 bits per heavy atom. The minimum atomic E-state index is -0.501. The Bertz CT molecular complexity index is 1060. The third-order valence-electron chi connectivity index (χ3n) is 5.11. The monoisotopic (exact) mass is 419 g/mol. The van der Waals surface area contributed by atoms with Gasteiger partial charge in [0.15, 0.2) is 0 Å². The number of allylic oxidation sites excluding steroid dienone is 1. The highest BCUT2D eigenvalue weighted by atomic mass is 16.5. The van der Waals surface area contributed by atoms with Crippen LogP contribution in [-0.2, 0) is 16.1 Å². The Morgan fingerprint density at radius 1 is 1.13 bits per heavy atom. The van der Waals surface area contributed by atoms with Crippen LogP contribution in [0.25, 0.3) is 0 Å².